The van der Waals surface area contributed by atoms with Crippen LogP contribution in [0.3, 0.4) is 0 Å². The molecule has 0 amide bonds. The van der Waals surface area contributed by atoms with E-state index < -0.39 is 0 Å². The van der Waals surface area contributed by atoms with E-state index in [1.54, 1.807) is 0 Å². The summed E-state index contributed by atoms with van der Waals surface area (Å²) in [6.07, 6.45) is 2.01. The molecule has 62 valence electrons. The highest BCUT2D eigenvalue weighted by molar-refractivity contribution is 7.81. The Kier molecular flexibility index (Phi) is 2.63. The van der Waals surface area contributed by atoms with Crippen molar-refractivity contribution in [2.45, 2.75) is 38.8 Å². The summed E-state index contributed by atoms with van der Waals surface area (Å²) in [5, 5.41) is 0.488. The van der Waals surface area contributed by atoms with Crippen LogP contribution < -0.4 is 0 Å². The topological polar surface area (TPSA) is 0 Å². The van der Waals surface area contributed by atoms with Gasteiger partial charge in [-0.15, -0.1) is 0 Å². The molecule has 4 atom stereocenters. The molecule has 0 aromatic carbocycles. The standard InChI is InChI=1S/C9H17BS/c1-6-4-9(3,5-10)8(11)7(6)2/h6-8,11H,4-5H2,1-3H3. The van der Waals surface area contributed by atoms with Gasteiger partial charge < -0.3 is 0 Å². The molecule has 0 aliphatic heterocycles. The maximum atomic E-state index is 5.73. The van der Waals surface area contributed by atoms with E-state index in [4.69, 9.17) is 7.85 Å². The van der Waals surface area contributed by atoms with Crippen molar-refractivity contribution in [2.24, 2.45) is 17.3 Å². The Balaban J connectivity index is 2.73. The van der Waals surface area contributed by atoms with Crippen molar-refractivity contribution in [3.05, 3.63) is 0 Å². The Morgan fingerprint density at radius 2 is 2.09 bits per heavy atom. The molecule has 0 N–H and O–H groups in total. The van der Waals surface area contributed by atoms with Crippen molar-refractivity contribution < 1.29 is 0 Å². The molecule has 0 saturated heterocycles. The van der Waals surface area contributed by atoms with Crippen LogP contribution in [0.2, 0.25) is 6.32 Å². The largest absolute Gasteiger partial charge is 0.175 e. The predicted octanol–water partition coefficient (Wildman–Crippen LogP) is 2.55. The summed E-state index contributed by atoms with van der Waals surface area (Å²) in [4.78, 5) is 0. The van der Waals surface area contributed by atoms with Crippen LogP contribution in [0.1, 0.15) is 27.2 Å². The van der Waals surface area contributed by atoms with Crippen LogP contribution in [0.25, 0.3) is 0 Å². The van der Waals surface area contributed by atoms with Gasteiger partial charge in [-0.1, -0.05) is 27.1 Å². The van der Waals surface area contributed by atoms with Crippen molar-refractivity contribution in [2.75, 3.05) is 0 Å². The molecule has 1 rings (SSSR count). The quantitative estimate of drug-likeness (QED) is 0.451. The van der Waals surface area contributed by atoms with Gasteiger partial charge in [0.05, 0.1) is 7.85 Å². The van der Waals surface area contributed by atoms with Gasteiger partial charge in [0.25, 0.3) is 0 Å². The predicted molar refractivity (Wildman–Crippen MR) is 54.4 cm³/mol. The van der Waals surface area contributed by atoms with E-state index in [9.17, 15) is 0 Å². The Morgan fingerprint density at radius 3 is 2.27 bits per heavy atom. The van der Waals surface area contributed by atoms with E-state index in [-0.39, 0.29) is 5.41 Å². The first kappa shape index (κ1) is 9.50. The molecule has 0 bridgehead atoms. The second kappa shape index (κ2) is 3.04. The number of hydrogen-bond donors (Lipinski definition) is 1. The minimum Gasteiger partial charge on any atom is -0.175 e. The van der Waals surface area contributed by atoms with Gasteiger partial charge in [0, 0.05) is 5.25 Å². The zero-order valence-electron chi connectivity index (χ0n) is 7.67. The molecule has 4 unspecified atom stereocenters. The van der Waals surface area contributed by atoms with Gasteiger partial charge in [-0.3, -0.25) is 0 Å². The van der Waals surface area contributed by atoms with Gasteiger partial charge in [-0.2, -0.15) is 12.6 Å². The first-order valence-electron chi connectivity index (χ1n) is 4.39. The van der Waals surface area contributed by atoms with Gasteiger partial charge in [-0.25, -0.2) is 0 Å². The molecule has 1 saturated carbocycles. The summed E-state index contributed by atoms with van der Waals surface area (Å²) in [6.45, 7) is 6.84. The van der Waals surface area contributed by atoms with Crippen molar-refractivity contribution in [1.82, 2.24) is 0 Å². The summed E-state index contributed by atoms with van der Waals surface area (Å²) >= 11 is 4.63. The number of rotatable bonds is 1. The van der Waals surface area contributed by atoms with Crippen LogP contribution in [0.15, 0.2) is 0 Å². The van der Waals surface area contributed by atoms with Gasteiger partial charge in [0.1, 0.15) is 0 Å². The third-order valence-electron chi connectivity index (χ3n) is 3.36. The summed E-state index contributed by atoms with van der Waals surface area (Å²) in [6, 6.07) is 0. The van der Waals surface area contributed by atoms with E-state index in [0.29, 0.717) is 11.2 Å². The summed E-state index contributed by atoms with van der Waals surface area (Å²) < 4.78 is 0. The number of thiol groups is 1. The molecule has 0 heterocycles. The molecule has 0 spiro atoms. The second-order valence-corrected chi connectivity index (χ2v) is 4.90. The zero-order valence-corrected chi connectivity index (χ0v) is 8.57. The fraction of sp³-hybridized carbons (Fsp3) is 1.00. The summed E-state index contributed by atoms with van der Waals surface area (Å²) in [5.41, 5.74) is 0.280. The lowest BCUT2D eigenvalue weighted by Crippen LogP contribution is -2.24. The van der Waals surface area contributed by atoms with Gasteiger partial charge >= 0.3 is 0 Å². The van der Waals surface area contributed by atoms with E-state index in [1.807, 2.05) is 0 Å². The minimum atomic E-state index is 0.280. The van der Waals surface area contributed by atoms with E-state index in [1.165, 1.54) is 6.42 Å². The molecule has 2 radical (unpaired) electrons. The molecule has 0 nitrogen and oxygen atoms in total. The Hall–Kier alpha value is 0.415. The SMILES string of the molecule is [B]CC1(C)CC(C)C(C)C1S. The second-order valence-electron chi connectivity index (χ2n) is 4.34. The first-order chi connectivity index (χ1) is 5.01. The van der Waals surface area contributed by atoms with E-state index in [2.05, 4.69) is 33.4 Å². The molecule has 0 aromatic heterocycles. The first-order valence-corrected chi connectivity index (χ1v) is 4.91. The monoisotopic (exact) mass is 168 g/mol. The Labute approximate surface area is 77.0 Å². The van der Waals surface area contributed by atoms with Gasteiger partial charge in [0.2, 0.25) is 0 Å². The zero-order chi connectivity index (χ0) is 8.65. The van der Waals surface area contributed by atoms with Gasteiger partial charge in [-0.05, 0) is 23.7 Å². The Morgan fingerprint density at radius 1 is 1.55 bits per heavy atom. The molecule has 11 heavy (non-hydrogen) atoms. The third kappa shape index (κ3) is 1.47. The highest BCUT2D eigenvalue weighted by Gasteiger charge is 2.43. The molecule has 1 aliphatic carbocycles. The van der Waals surface area contributed by atoms with E-state index in [0.717, 1.165) is 12.2 Å². The van der Waals surface area contributed by atoms with Crippen LogP contribution in [-0.4, -0.2) is 13.1 Å². The van der Waals surface area contributed by atoms with Crippen LogP contribution in [0.5, 0.6) is 0 Å². The van der Waals surface area contributed by atoms with Crippen LogP contribution in [0, 0.1) is 17.3 Å². The van der Waals surface area contributed by atoms with E-state index >= 15 is 0 Å². The van der Waals surface area contributed by atoms with Crippen LogP contribution in [-0.2, 0) is 0 Å². The van der Waals surface area contributed by atoms with Crippen molar-refractivity contribution >= 4 is 20.5 Å². The molecular weight excluding hydrogens is 151 g/mol. The van der Waals surface area contributed by atoms with Crippen LogP contribution >= 0.6 is 12.6 Å². The molecule has 2 heteroatoms. The molecule has 0 aromatic rings. The summed E-state index contributed by atoms with van der Waals surface area (Å²) in [5.74, 6) is 1.50. The number of hydrogen-bond acceptors (Lipinski definition) is 1. The highest BCUT2D eigenvalue weighted by atomic mass is 32.1. The molecule has 1 aliphatic rings. The minimum absolute atomic E-state index is 0.280. The average Bonchev–Trinajstić information content (AvgIpc) is 2.17. The average molecular weight is 168 g/mol. The van der Waals surface area contributed by atoms with Crippen molar-refractivity contribution in [3.63, 3.8) is 0 Å². The smallest absolute Gasteiger partial charge is 0.0660 e. The lowest BCUT2D eigenvalue weighted by molar-refractivity contribution is 0.375. The summed E-state index contributed by atoms with van der Waals surface area (Å²) in [7, 11) is 5.73. The normalized spacial score (nSPS) is 51.5. The van der Waals surface area contributed by atoms with Crippen molar-refractivity contribution in [3.8, 4) is 0 Å². The van der Waals surface area contributed by atoms with Crippen molar-refractivity contribution in [1.29, 1.82) is 0 Å². The molecular formula is C9H17BS. The van der Waals surface area contributed by atoms with Gasteiger partial charge in [0.15, 0.2) is 0 Å². The fourth-order valence-corrected chi connectivity index (χ4v) is 2.70. The lowest BCUT2D eigenvalue weighted by atomic mass is 9.75. The molecule has 1 fully saturated rings. The lowest BCUT2D eigenvalue weighted by Gasteiger charge is -2.28. The Bertz CT molecular complexity index is 148. The highest BCUT2D eigenvalue weighted by Crippen LogP contribution is 2.49. The fourth-order valence-electron chi connectivity index (χ4n) is 2.19. The maximum absolute atomic E-state index is 5.73. The third-order valence-corrected chi connectivity index (χ3v) is 4.46. The van der Waals surface area contributed by atoms with Crippen LogP contribution in [0.4, 0.5) is 0 Å². The maximum Gasteiger partial charge on any atom is 0.0660 e.